The topological polar surface area (TPSA) is 69.6 Å². The number of hydrogen-bond acceptors (Lipinski definition) is 3. The number of carboxylic acids is 1. The molecule has 0 aromatic carbocycles. The van der Waals surface area contributed by atoms with Gasteiger partial charge >= 0.3 is 5.97 Å². The zero-order valence-electron chi connectivity index (χ0n) is 12.1. The first-order chi connectivity index (χ1) is 8.22. The summed E-state index contributed by atoms with van der Waals surface area (Å²) >= 11 is 0. The number of rotatable bonds is 8. The molecule has 0 spiro atoms. The molecule has 0 aromatic heterocycles. The minimum absolute atomic E-state index is 0.0352. The summed E-state index contributed by atoms with van der Waals surface area (Å²) in [7, 11) is 3.93. The van der Waals surface area contributed by atoms with E-state index in [-0.39, 0.29) is 30.7 Å². The zero-order chi connectivity index (χ0) is 14.3. The van der Waals surface area contributed by atoms with Crippen LogP contribution < -0.4 is 5.32 Å². The lowest BCUT2D eigenvalue weighted by Crippen LogP contribution is -2.45. The Morgan fingerprint density at radius 2 is 1.72 bits per heavy atom. The van der Waals surface area contributed by atoms with Crippen molar-refractivity contribution in [1.29, 1.82) is 0 Å². The Morgan fingerprint density at radius 3 is 2.11 bits per heavy atom. The molecule has 2 atom stereocenters. The van der Waals surface area contributed by atoms with E-state index in [4.69, 9.17) is 5.11 Å². The van der Waals surface area contributed by atoms with Crippen LogP contribution in [0.25, 0.3) is 0 Å². The second-order valence-electron chi connectivity index (χ2n) is 5.59. The van der Waals surface area contributed by atoms with Crippen molar-refractivity contribution in [1.82, 2.24) is 10.2 Å². The van der Waals surface area contributed by atoms with Gasteiger partial charge in [-0.15, -0.1) is 0 Å². The Balaban J connectivity index is 4.21. The van der Waals surface area contributed by atoms with Crippen molar-refractivity contribution in [3.63, 3.8) is 0 Å². The molecule has 18 heavy (non-hydrogen) atoms. The van der Waals surface area contributed by atoms with Gasteiger partial charge in [-0.2, -0.15) is 0 Å². The molecule has 0 radical (unpaired) electrons. The van der Waals surface area contributed by atoms with Gasteiger partial charge in [-0.1, -0.05) is 20.8 Å². The largest absolute Gasteiger partial charge is 0.481 e. The molecule has 2 unspecified atom stereocenters. The number of amides is 1. The molecule has 5 heteroatoms. The van der Waals surface area contributed by atoms with Gasteiger partial charge in [-0.05, 0) is 25.9 Å². The maximum Gasteiger partial charge on any atom is 0.303 e. The maximum atomic E-state index is 11.8. The smallest absolute Gasteiger partial charge is 0.303 e. The van der Waals surface area contributed by atoms with Crippen LogP contribution in [0.3, 0.4) is 0 Å². The number of likely N-dealkylation sites (N-methyl/N-ethyl adjacent to an activating group) is 1. The molecule has 5 nitrogen and oxygen atoms in total. The number of aliphatic carboxylic acids is 1. The van der Waals surface area contributed by atoms with Crippen LogP contribution in [0.15, 0.2) is 0 Å². The third-order valence-corrected chi connectivity index (χ3v) is 2.77. The average molecular weight is 258 g/mol. The van der Waals surface area contributed by atoms with Gasteiger partial charge in [0.1, 0.15) is 0 Å². The molecular weight excluding hydrogens is 232 g/mol. The van der Waals surface area contributed by atoms with Gasteiger partial charge < -0.3 is 15.3 Å². The van der Waals surface area contributed by atoms with Crippen LogP contribution in [-0.4, -0.2) is 48.6 Å². The van der Waals surface area contributed by atoms with E-state index in [0.29, 0.717) is 5.92 Å². The predicted octanol–water partition coefficient (Wildman–Crippen LogP) is 1.19. The van der Waals surface area contributed by atoms with Crippen molar-refractivity contribution < 1.29 is 14.7 Å². The van der Waals surface area contributed by atoms with Crippen molar-refractivity contribution in [3.05, 3.63) is 0 Å². The fourth-order valence-corrected chi connectivity index (χ4v) is 1.77. The van der Waals surface area contributed by atoms with Crippen LogP contribution in [0.1, 0.15) is 33.6 Å². The van der Waals surface area contributed by atoms with Gasteiger partial charge in [-0.25, -0.2) is 0 Å². The lowest BCUT2D eigenvalue weighted by atomic mass is 10.0. The van der Waals surface area contributed by atoms with Gasteiger partial charge in [-0.3, -0.25) is 9.59 Å². The summed E-state index contributed by atoms with van der Waals surface area (Å²) in [5, 5.41) is 11.6. The number of carbonyl (C=O) groups is 2. The van der Waals surface area contributed by atoms with Crippen molar-refractivity contribution >= 4 is 11.9 Å². The van der Waals surface area contributed by atoms with E-state index in [0.717, 1.165) is 6.54 Å². The van der Waals surface area contributed by atoms with Crippen molar-refractivity contribution in [3.8, 4) is 0 Å². The number of carbonyl (C=O) groups excluding carboxylic acids is 1. The van der Waals surface area contributed by atoms with Crippen LogP contribution in [0.2, 0.25) is 0 Å². The molecule has 0 aliphatic rings. The zero-order valence-corrected chi connectivity index (χ0v) is 12.1. The first-order valence-corrected chi connectivity index (χ1v) is 6.38. The summed E-state index contributed by atoms with van der Waals surface area (Å²) in [6, 6.07) is 0.101. The summed E-state index contributed by atoms with van der Waals surface area (Å²) in [5.41, 5.74) is 0. The van der Waals surface area contributed by atoms with Crippen LogP contribution in [0, 0.1) is 11.8 Å². The third-order valence-electron chi connectivity index (χ3n) is 2.77. The summed E-state index contributed by atoms with van der Waals surface area (Å²) in [4.78, 5) is 24.4. The molecule has 0 fully saturated rings. The summed E-state index contributed by atoms with van der Waals surface area (Å²) < 4.78 is 0. The Bertz CT molecular complexity index is 277. The Hall–Kier alpha value is -1.10. The van der Waals surface area contributed by atoms with Gasteiger partial charge in [0.05, 0.1) is 0 Å². The van der Waals surface area contributed by atoms with E-state index < -0.39 is 5.97 Å². The van der Waals surface area contributed by atoms with Gasteiger partial charge in [0, 0.05) is 25.4 Å². The SMILES string of the molecule is CC(CC(=O)O)CC(=O)NC(CN(C)C)C(C)C. The fourth-order valence-electron chi connectivity index (χ4n) is 1.77. The van der Waals surface area contributed by atoms with Crippen molar-refractivity contribution in [2.45, 2.75) is 39.7 Å². The van der Waals surface area contributed by atoms with Gasteiger partial charge in [0.25, 0.3) is 0 Å². The molecule has 1 amide bonds. The highest BCUT2D eigenvalue weighted by Crippen LogP contribution is 2.09. The highest BCUT2D eigenvalue weighted by atomic mass is 16.4. The van der Waals surface area contributed by atoms with E-state index in [1.807, 2.05) is 19.0 Å². The van der Waals surface area contributed by atoms with E-state index in [2.05, 4.69) is 19.2 Å². The molecule has 0 aromatic rings. The Kier molecular flexibility index (Phi) is 7.59. The Labute approximate surface area is 110 Å². The minimum Gasteiger partial charge on any atom is -0.481 e. The molecule has 0 aliphatic heterocycles. The summed E-state index contributed by atoms with van der Waals surface area (Å²) in [6.45, 7) is 6.70. The summed E-state index contributed by atoms with van der Waals surface area (Å²) in [6.07, 6.45) is 0.302. The number of carboxylic acid groups (broad SMARTS) is 1. The number of hydrogen-bond donors (Lipinski definition) is 2. The predicted molar refractivity (Wildman–Crippen MR) is 71.4 cm³/mol. The maximum absolute atomic E-state index is 11.8. The minimum atomic E-state index is -0.857. The monoisotopic (exact) mass is 258 g/mol. The van der Waals surface area contributed by atoms with Crippen molar-refractivity contribution in [2.24, 2.45) is 11.8 Å². The Morgan fingerprint density at radius 1 is 1.17 bits per heavy atom. The van der Waals surface area contributed by atoms with Crippen LogP contribution in [-0.2, 0) is 9.59 Å². The lowest BCUT2D eigenvalue weighted by Gasteiger charge is -2.26. The van der Waals surface area contributed by atoms with E-state index >= 15 is 0 Å². The highest BCUT2D eigenvalue weighted by molar-refractivity contribution is 5.77. The molecule has 0 saturated carbocycles. The molecule has 106 valence electrons. The fraction of sp³-hybridized carbons (Fsp3) is 0.846. The normalized spacial score (nSPS) is 14.6. The molecule has 0 heterocycles. The quantitative estimate of drug-likeness (QED) is 0.686. The number of nitrogens with zero attached hydrogens (tertiary/aromatic N) is 1. The second-order valence-corrected chi connectivity index (χ2v) is 5.59. The first kappa shape index (κ1) is 16.9. The number of nitrogens with one attached hydrogen (secondary N) is 1. The lowest BCUT2D eigenvalue weighted by molar-refractivity contribution is -0.138. The van der Waals surface area contributed by atoms with Gasteiger partial charge in [0.15, 0.2) is 0 Å². The van der Waals surface area contributed by atoms with Crippen LogP contribution in [0.5, 0.6) is 0 Å². The average Bonchev–Trinajstić information content (AvgIpc) is 2.13. The van der Waals surface area contributed by atoms with Crippen LogP contribution >= 0.6 is 0 Å². The molecule has 0 rings (SSSR count). The van der Waals surface area contributed by atoms with E-state index in [1.54, 1.807) is 6.92 Å². The van der Waals surface area contributed by atoms with E-state index in [1.165, 1.54) is 0 Å². The third kappa shape index (κ3) is 8.06. The van der Waals surface area contributed by atoms with Crippen molar-refractivity contribution in [2.75, 3.05) is 20.6 Å². The van der Waals surface area contributed by atoms with Gasteiger partial charge in [0.2, 0.25) is 5.91 Å². The first-order valence-electron chi connectivity index (χ1n) is 6.38. The highest BCUT2D eigenvalue weighted by Gasteiger charge is 2.19. The molecular formula is C13H26N2O3. The second kappa shape index (κ2) is 8.08. The van der Waals surface area contributed by atoms with Crippen LogP contribution in [0.4, 0.5) is 0 Å². The summed E-state index contributed by atoms with van der Waals surface area (Å²) in [5.74, 6) is -0.700. The molecule has 2 N–H and O–H groups in total. The standard InChI is InChI=1S/C13H26N2O3/c1-9(2)11(8-15(4)5)14-12(16)6-10(3)7-13(17)18/h9-11H,6-8H2,1-5H3,(H,14,16)(H,17,18). The molecule has 0 aliphatic carbocycles. The van der Waals surface area contributed by atoms with E-state index in [9.17, 15) is 9.59 Å². The molecule has 0 saturated heterocycles. The molecule has 0 bridgehead atoms.